The van der Waals surface area contributed by atoms with Crippen LogP contribution in [0, 0.1) is 58.2 Å². The van der Waals surface area contributed by atoms with Gasteiger partial charge in [0.2, 0.25) is 0 Å². The van der Waals surface area contributed by atoms with Crippen LogP contribution in [0.4, 0.5) is 0 Å². The molecule has 0 aromatic carbocycles. The zero-order valence-electron chi connectivity index (χ0n) is 32.8. The van der Waals surface area contributed by atoms with Crippen LogP contribution in [-0.2, 0) is 9.47 Å². The molecule has 0 aromatic rings. The van der Waals surface area contributed by atoms with E-state index < -0.39 is 0 Å². The van der Waals surface area contributed by atoms with E-state index in [9.17, 15) is 5.11 Å². The molecule has 0 amide bonds. The van der Waals surface area contributed by atoms with Gasteiger partial charge in [-0.05, 0) is 118 Å². The van der Waals surface area contributed by atoms with Crippen molar-refractivity contribution in [2.75, 3.05) is 79.8 Å². The first kappa shape index (κ1) is 42.8. The molecule has 2 N–H and O–H groups in total. The fraction of sp³-hybridized carbons (Fsp3) is 1.00. The molecule has 0 radical (unpaired) electrons. The number of hydrogen-bond acceptors (Lipinski definition) is 6. The third-order valence-corrected chi connectivity index (χ3v) is 11.2. The predicted molar refractivity (Wildman–Crippen MR) is 195 cm³/mol. The molecule has 270 valence electrons. The van der Waals surface area contributed by atoms with Crippen LogP contribution in [0.1, 0.15) is 109 Å². The minimum Gasteiger partial charge on any atom is -0.390 e. The van der Waals surface area contributed by atoms with E-state index in [1.54, 1.807) is 0 Å². The number of hydrogen-bond donors (Lipinski definition) is 2. The molecule has 0 aliphatic carbocycles. The Bertz CT molecular complexity index is 719. The molecule has 0 aromatic heterocycles. The third-order valence-electron chi connectivity index (χ3n) is 11.2. The van der Waals surface area contributed by atoms with Gasteiger partial charge in [0, 0.05) is 32.2 Å². The minimum absolute atomic E-state index is 0.218. The molecule has 5 saturated heterocycles. The zero-order valence-corrected chi connectivity index (χ0v) is 32.8. The monoisotopic (exact) mass is 640 g/mol. The molecule has 2 unspecified atom stereocenters. The van der Waals surface area contributed by atoms with Crippen LogP contribution in [0.15, 0.2) is 0 Å². The number of aliphatic hydroxyl groups excluding tert-OH is 1. The highest BCUT2D eigenvalue weighted by Gasteiger charge is 2.33. The molecule has 5 aliphatic rings. The highest BCUT2D eigenvalue weighted by Crippen LogP contribution is 2.32. The van der Waals surface area contributed by atoms with Crippen LogP contribution >= 0.6 is 0 Å². The van der Waals surface area contributed by atoms with Crippen LogP contribution in [0.3, 0.4) is 0 Å². The Labute approximate surface area is 282 Å². The maximum Gasteiger partial charge on any atom is 0.0826 e. The summed E-state index contributed by atoms with van der Waals surface area (Å²) in [5, 5.41) is 12.5. The summed E-state index contributed by atoms with van der Waals surface area (Å²) in [5.74, 6) is 6.44. The molecule has 0 bridgehead atoms. The molecule has 5 fully saturated rings. The predicted octanol–water partition coefficient (Wildman–Crippen LogP) is 7.55. The average molecular weight is 640 g/mol. The summed E-state index contributed by atoms with van der Waals surface area (Å²) in [4.78, 5) is 4.80. The zero-order chi connectivity index (χ0) is 34.4. The fourth-order valence-electron chi connectivity index (χ4n) is 6.42. The molecule has 5 aliphatic heterocycles. The number of aliphatic hydroxyl groups is 1. The Balaban J connectivity index is 0.000000282. The van der Waals surface area contributed by atoms with Crippen molar-refractivity contribution in [2.24, 2.45) is 58.2 Å². The van der Waals surface area contributed by atoms with Crippen molar-refractivity contribution in [1.29, 1.82) is 0 Å². The Kier molecular flexibility index (Phi) is 19.9. The van der Waals surface area contributed by atoms with E-state index in [0.29, 0.717) is 29.3 Å². The topological polar surface area (TPSA) is 57.2 Å². The molecule has 2 atom stereocenters. The Hall–Kier alpha value is -0.240. The first-order valence-electron chi connectivity index (χ1n) is 18.7. The van der Waals surface area contributed by atoms with Crippen molar-refractivity contribution >= 4 is 0 Å². The van der Waals surface area contributed by atoms with Crippen molar-refractivity contribution in [3.05, 3.63) is 0 Å². The Morgan fingerprint density at radius 2 is 1.09 bits per heavy atom. The van der Waals surface area contributed by atoms with E-state index in [1.165, 1.54) is 65.0 Å². The van der Waals surface area contributed by atoms with Gasteiger partial charge in [-0.2, -0.15) is 0 Å². The number of piperidine rings is 1. The smallest absolute Gasteiger partial charge is 0.0826 e. The summed E-state index contributed by atoms with van der Waals surface area (Å²) in [6.07, 6.45) is 5.16. The lowest BCUT2D eigenvalue weighted by Crippen LogP contribution is -2.49. The highest BCUT2D eigenvalue weighted by molar-refractivity contribution is 4.86. The second kappa shape index (κ2) is 21.0. The van der Waals surface area contributed by atoms with Gasteiger partial charge >= 0.3 is 0 Å². The van der Waals surface area contributed by atoms with Gasteiger partial charge in [0.25, 0.3) is 0 Å². The lowest BCUT2D eigenvalue weighted by atomic mass is 9.76. The van der Waals surface area contributed by atoms with Crippen molar-refractivity contribution in [1.82, 2.24) is 15.1 Å². The van der Waals surface area contributed by atoms with Crippen LogP contribution in [0.5, 0.6) is 0 Å². The molecule has 45 heavy (non-hydrogen) atoms. The van der Waals surface area contributed by atoms with E-state index in [1.807, 2.05) is 0 Å². The van der Waals surface area contributed by atoms with Gasteiger partial charge in [-0.25, -0.2) is 0 Å². The lowest BCUT2D eigenvalue weighted by molar-refractivity contribution is 0.0459. The summed E-state index contributed by atoms with van der Waals surface area (Å²) in [5.41, 5.74) is 1.07. The number of ether oxygens (including phenoxy) is 2. The van der Waals surface area contributed by atoms with Crippen molar-refractivity contribution in [2.45, 2.75) is 115 Å². The van der Waals surface area contributed by atoms with Crippen LogP contribution in [0.25, 0.3) is 0 Å². The first-order chi connectivity index (χ1) is 20.8. The molecule has 6 nitrogen and oxygen atoms in total. The van der Waals surface area contributed by atoms with Gasteiger partial charge in [-0.15, -0.1) is 0 Å². The molecule has 5 rings (SSSR count). The Morgan fingerprint density at radius 1 is 0.622 bits per heavy atom. The third kappa shape index (κ3) is 17.6. The summed E-state index contributed by atoms with van der Waals surface area (Å²) in [6, 6.07) is 0. The SMILES string of the molecule is CC(C)(C)C1CNC1.CC(C)C1CCN(C)CC1.CC(C)C1CCOCC1.CC(C)C1COCC1O.CN1CC(C(C)(C)C)C1. The quantitative estimate of drug-likeness (QED) is 0.333. The maximum absolute atomic E-state index is 9.23. The first-order valence-corrected chi connectivity index (χ1v) is 18.7. The van der Waals surface area contributed by atoms with Crippen LogP contribution in [0.2, 0.25) is 0 Å². The number of nitrogens with one attached hydrogen (secondary N) is 1. The summed E-state index contributed by atoms with van der Waals surface area (Å²) >= 11 is 0. The average Bonchev–Trinajstić information content (AvgIpc) is 3.33. The molecular weight excluding hydrogens is 558 g/mol. The second-order valence-electron chi connectivity index (χ2n) is 18.1. The number of rotatable bonds is 3. The van der Waals surface area contributed by atoms with E-state index in [-0.39, 0.29) is 6.10 Å². The molecule has 6 heteroatoms. The molecule has 0 spiro atoms. The summed E-state index contributed by atoms with van der Waals surface area (Å²) < 4.78 is 10.3. The second-order valence-corrected chi connectivity index (χ2v) is 18.1. The van der Waals surface area contributed by atoms with Crippen LogP contribution < -0.4 is 5.32 Å². The van der Waals surface area contributed by atoms with E-state index >= 15 is 0 Å². The summed E-state index contributed by atoms with van der Waals surface area (Å²) in [7, 11) is 4.40. The van der Waals surface area contributed by atoms with Gasteiger partial charge in [0.05, 0.1) is 19.3 Å². The highest BCUT2D eigenvalue weighted by atomic mass is 16.5. The lowest BCUT2D eigenvalue weighted by Gasteiger charge is -2.44. The largest absolute Gasteiger partial charge is 0.390 e. The molecular formula is C39H81N3O3. The van der Waals surface area contributed by atoms with Crippen molar-refractivity contribution < 1.29 is 14.6 Å². The van der Waals surface area contributed by atoms with E-state index in [0.717, 1.165) is 55.3 Å². The maximum atomic E-state index is 9.23. The Morgan fingerprint density at radius 3 is 1.31 bits per heavy atom. The normalized spacial score (nSPS) is 26.0. The van der Waals surface area contributed by atoms with E-state index in [4.69, 9.17) is 9.47 Å². The van der Waals surface area contributed by atoms with Crippen molar-refractivity contribution in [3.63, 3.8) is 0 Å². The number of likely N-dealkylation sites (tertiary alicyclic amines) is 2. The molecule has 5 heterocycles. The minimum atomic E-state index is -0.218. The van der Waals surface area contributed by atoms with Gasteiger partial charge in [0.1, 0.15) is 0 Å². The van der Waals surface area contributed by atoms with Gasteiger partial charge < -0.3 is 29.7 Å². The fourth-order valence-corrected chi connectivity index (χ4v) is 6.42. The van der Waals surface area contributed by atoms with Gasteiger partial charge in [-0.1, -0.05) is 83.1 Å². The van der Waals surface area contributed by atoms with Gasteiger partial charge in [0.15, 0.2) is 0 Å². The summed E-state index contributed by atoms with van der Waals surface area (Å²) in [6.45, 7) is 38.3. The molecule has 0 saturated carbocycles. The standard InChI is InChI=1S/C9H19N.C8H17N.C8H16O.C7H15N.C7H14O2/c1-8(2)9-4-6-10(3)7-5-9;1-8(2,3)7-5-9(4)6-7;1-7(2)8-3-5-9-6-4-8;1-7(2,3)6-4-8-5-6;1-5(2)6-3-9-4-7(6)8/h8-9H,4-7H2,1-3H3;7H,5-6H2,1-4H3;7-8H,3-6H2,1-2H3;6,8H,4-5H2,1-3H3;5-8H,3-4H2,1-2H3. The van der Waals surface area contributed by atoms with Gasteiger partial charge in [-0.3, -0.25) is 0 Å². The van der Waals surface area contributed by atoms with E-state index in [2.05, 4.69) is 112 Å². The van der Waals surface area contributed by atoms with Crippen LogP contribution in [-0.4, -0.2) is 101 Å². The van der Waals surface area contributed by atoms with Crippen molar-refractivity contribution in [3.8, 4) is 0 Å². The number of nitrogens with zero attached hydrogens (tertiary/aromatic N) is 2.